The van der Waals surface area contributed by atoms with Crippen molar-refractivity contribution in [3.05, 3.63) is 60.6 Å². The number of phenolic OH excluding ortho intramolecular Hbond substituents is 1. The summed E-state index contributed by atoms with van der Waals surface area (Å²) in [4.78, 5) is 4.32. The van der Waals surface area contributed by atoms with E-state index in [4.69, 9.17) is 0 Å². The highest BCUT2D eigenvalue weighted by molar-refractivity contribution is 5.67. The molecule has 0 aliphatic heterocycles. The Kier molecular flexibility index (Phi) is 3.06. The van der Waals surface area contributed by atoms with Crippen molar-refractivity contribution in [3.63, 3.8) is 0 Å². The third-order valence-electron chi connectivity index (χ3n) is 3.08. The van der Waals surface area contributed by atoms with Gasteiger partial charge in [0.15, 0.2) is 5.65 Å². The largest absolute Gasteiger partial charge is 0.508 e. The summed E-state index contributed by atoms with van der Waals surface area (Å²) in [7, 11) is 0. The molecule has 0 bridgehead atoms. The van der Waals surface area contributed by atoms with Crippen LogP contribution >= 0.6 is 0 Å². The topological polar surface area (TPSA) is 49.6 Å². The summed E-state index contributed by atoms with van der Waals surface area (Å²) in [5, 5.41) is 12.6. The number of anilines is 1. The summed E-state index contributed by atoms with van der Waals surface area (Å²) in [5.41, 5.74) is 3.17. The first-order chi connectivity index (χ1) is 9.33. The Morgan fingerprint density at radius 3 is 2.79 bits per heavy atom. The molecule has 0 aliphatic carbocycles. The Labute approximate surface area is 111 Å². The van der Waals surface area contributed by atoms with E-state index >= 15 is 0 Å². The van der Waals surface area contributed by atoms with Crippen molar-refractivity contribution >= 4 is 11.3 Å². The monoisotopic (exact) mass is 253 g/mol. The molecule has 2 N–H and O–H groups in total. The molecule has 0 fully saturated rings. The summed E-state index contributed by atoms with van der Waals surface area (Å²) < 4.78 is 1.99. The molecule has 0 aliphatic rings. The van der Waals surface area contributed by atoms with Crippen molar-refractivity contribution in [2.45, 2.75) is 6.42 Å². The molecule has 0 atom stereocenters. The second kappa shape index (κ2) is 5.02. The average Bonchev–Trinajstić information content (AvgIpc) is 2.90. The van der Waals surface area contributed by atoms with Crippen LogP contribution in [-0.2, 0) is 6.42 Å². The van der Waals surface area contributed by atoms with Gasteiger partial charge in [0, 0.05) is 25.1 Å². The van der Waals surface area contributed by atoms with Gasteiger partial charge in [0.2, 0.25) is 0 Å². The molecule has 0 saturated heterocycles. The second-order valence-electron chi connectivity index (χ2n) is 4.42. The van der Waals surface area contributed by atoms with E-state index in [9.17, 15) is 5.11 Å². The number of aromatic hydroxyl groups is 1. The first kappa shape index (κ1) is 11.6. The van der Waals surface area contributed by atoms with E-state index < -0.39 is 0 Å². The number of phenols is 1. The minimum atomic E-state index is 0.305. The van der Waals surface area contributed by atoms with Gasteiger partial charge in [0.25, 0.3) is 0 Å². The summed E-state index contributed by atoms with van der Waals surface area (Å²) in [5.74, 6) is 0.305. The lowest BCUT2D eigenvalue weighted by molar-refractivity contribution is 0.475. The lowest BCUT2D eigenvalue weighted by Gasteiger charge is -2.07. The van der Waals surface area contributed by atoms with Crippen LogP contribution in [0.25, 0.3) is 5.65 Å². The van der Waals surface area contributed by atoms with Crippen molar-refractivity contribution in [1.29, 1.82) is 0 Å². The van der Waals surface area contributed by atoms with Crippen molar-refractivity contribution < 1.29 is 5.11 Å². The predicted octanol–water partition coefficient (Wildman–Crippen LogP) is 2.69. The Morgan fingerprint density at radius 1 is 1.11 bits per heavy atom. The Hall–Kier alpha value is -2.49. The number of nitrogens with one attached hydrogen (secondary N) is 1. The molecule has 96 valence electrons. The summed E-state index contributed by atoms with van der Waals surface area (Å²) in [6.45, 7) is 0.831. The van der Waals surface area contributed by atoms with Gasteiger partial charge in [0.05, 0.1) is 5.69 Å². The van der Waals surface area contributed by atoms with Crippen LogP contribution in [0.15, 0.2) is 55.0 Å². The fourth-order valence-corrected chi connectivity index (χ4v) is 2.09. The first-order valence-electron chi connectivity index (χ1n) is 6.26. The number of aromatic nitrogens is 2. The van der Waals surface area contributed by atoms with Gasteiger partial charge in [-0.3, -0.25) is 0 Å². The molecule has 2 heterocycles. The predicted molar refractivity (Wildman–Crippen MR) is 75.5 cm³/mol. The normalized spacial score (nSPS) is 10.7. The number of fused-ring (bicyclic) bond motifs is 1. The first-order valence-corrected chi connectivity index (χ1v) is 6.26. The van der Waals surface area contributed by atoms with E-state index in [1.165, 1.54) is 5.56 Å². The van der Waals surface area contributed by atoms with Crippen LogP contribution < -0.4 is 5.32 Å². The zero-order chi connectivity index (χ0) is 13.1. The minimum absolute atomic E-state index is 0.305. The molecule has 0 unspecified atom stereocenters. The fraction of sp³-hybridized carbons (Fsp3) is 0.133. The Balaban J connectivity index is 1.66. The minimum Gasteiger partial charge on any atom is -0.508 e. The molecule has 19 heavy (non-hydrogen) atoms. The molecule has 0 radical (unpaired) electrons. The van der Waals surface area contributed by atoms with Crippen molar-refractivity contribution in [2.75, 3.05) is 11.9 Å². The lowest BCUT2D eigenvalue weighted by Crippen LogP contribution is -2.06. The molecular weight excluding hydrogens is 238 g/mol. The number of pyridine rings is 1. The molecular formula is C15H15N3O. The zero-order valence-electron chi connectivity index (χ0n) is 10.5. The highest BCUT2D eigenvalue weighted by Crippen LogP contribution is 2.15. The van der Waals surface area contributed by atoms with E-state index in [1.54, 1.807) is 18.3 Å². The van der Waals surface area contributed by atoms with Gasteiger partial charge in [0.1, 0.15) is 5.75 Å². The number of nitrogens with zero attached hydrogens (tertiary/aromatic N) is 2. The molecule has 0 saturated carbocycles. The van der Waals surface area contributed by atoms with Crippen molar-refractivity contribution in [2.24, 2.45) is 0 Å². The molecule has 3 aromatic rings. The smallest absolute Gasteiger partial charge is 0.160 e. The summed E-state index contributed by atoms with van der Waals surface area (Å²) >= 11 is 0. The van der Waals surface area contributed by atoms with Crippen LogP contribution in [0.1, 0.15) is 5.56 Å². The zero-order valence-corrected chi connectivity index (χ0v) is 10.5. The number of rotatable bonds is 4. The van der Waals surface area contributed by atoms with E-state index in [0.717, 1.165) is 24.3 Å². The number of hydrogen-bond donors (Lipinski definition) is 2. The molecule has 0 amide bonds. The third kappa shape index (κ3) is 2.52. The molecule has 2 aromatic heterocycles. The standard InChI is InChI=1S/C15H15N3O/c19-13-5-3-12(4-6-13)7-8-16-14-2-1-10-18-11-9-17-15(14)18/h1-6,9-11,16,19H,7-8H2. The summed E-state index contributed by atoms with van der Waals surface area (Å²) in [6, 6.07) is 11.3. The van der Waals surface area contributed by atoms with Crippen LogP contribution in [0.3, 0.4) is 0 Å². The average molecular weight is 253 g/mol. The van der Waals surface area contributed by atoms with Crippen LogP contribution in [0.5, 0.6) is 5.75 Å². The van der Waals surface area contributed by atoms with Crippen LogP contribution in [0.4, 0.5) is 5.69 Å². The Morgan fingerprint density at radius 2 is 1.95 bits per heavy atom. The second-order valence-corrected chi connectivity index (χ2v) is 4.42. The van der Waals surface area contributed by atoms with Gasteiger partial charge in [-0.05, 0) is 36.2 Å². The SMILES string of the molecule is Oc1ccc(CCNc2cccn3ccnc23)cc1. The quantitative estimate of drug-likeness (QED) is 0.751. The van der Waals surface area contributed by atoms with Gasteiger partial charge in [-0.15, -0.1) is 0 Å². The summed E-state index contributed by atoms with van der Waals surface area (Å²) in [6.07, 6.45) is 6.61. The maximum atomic E-state index is 9.23. The van der Waals surface area contributed by atoms with Crippen LogP contribution in [0, 0.1) is 0 Å². The van der Waals surface area contributed by atoms with Crippen LogP contribution in [0.2, 0.25) is 0 Å². The van der Waals surface area contributed by atoms with Gasteiger partial charge in [-0.2, -0.15) is 0 Å². The van der Waals surface area contributed by atoms with Gasteiger partial charge >= 0.3 is 0 Å². The number of benzene rings is 1. The lowest BCUT2D eigenvalue weighted by atomic mass is 10.1. The van der Waals surface area contributed by atoms with Gasteiger partial charge < -0.3 is 14.8 Å². The van der Waals surface area contributed by atoms with E-state index in [2.05, 4.69) is 10.3 Å². The van der Waals surface area contributed by atoms with E-state index in [0.29, 0.717) is 5.75 Å². The third-order valence-corrected chi connectivity index (χ3v) is 3.08. The number of imidazole rings is 1. The molecule has 0 spiro atoms. The highest BCUT2D eigenvalue weighted by Gasteiger charge is 2.01. The molecule has 3 rings (SSSR count). The van der Waals surface area contributed by atoms with E-state index in [-0.39, 0.29) is 0 Å². The Bertz CT molecular complexity index is 673. The van der Waals surface area contributed by atoms with Crippen molar-refractivity contribution in [1.82, 2.24) is 9.38 Å². The van der Waals surface area contributed by atoms with Crippen LogP contribution in [-0.4, -0.2) is 21.0 Å². The van der Waals surface area contributed by atoms with Crippen molar-refractivity contribution in [3.8, 4) is 5.75 Å². The van der Waals surface area contributed by atoms with Gasteiger partial charge in [-0.25, -0.2) is 4.98 Å². The fourth-order valence-electron chi connectivity index (χ4n) is 2.09. The maximum Gasteiger partial charge on any atom is 0.160 e. The molecule has 4 heteroatoms. The maximum absolute atomic E-state index is 9.23. The highest BCUT2D eigenvalue weighted by atomic mass is 16.3. The molecule has 4 nitrogen and oxygen atoms in total. The number of hydrogen-bond acceptors (Lipinski definition) is 3. The van der Waals surface area contributed by atoms with E-state index in [1.807, 2.05) is 41.1 Å². The van der Waals surface area contributed by atoms with Gasteiger partial charge in [-0.1, -0.05) is 12.1 Å². The molecule has 1 aromatic carbocycles.